The fourth-order valence-corrected chi connectivity index (χ4v) is 2.01. The van der Waals surface area contributed by atoms with Gasteiger partial charge in [-0.1, -0.05) is 18.2 Å². The van der Waals surface area contributed by atoms with Crippen molar-refractivity contribution in [2.45, 2.75) is 13.3 Å². The Hall–Kier alpha value is -2.63. The Kier molecular flexibility index (Phi) is 4.71. The molecule has 0 radical (unpaired) electrons. The molecule has 1 heterocycles. The zero-order valence-electron chi connectivity index (χ0n) is 12.0. The maximum atomic E-state index is 11.1. The molecule has 0 saturated carbocycles. The molecule has 0 atom stereocenters. The van der Waals surface area contributed by atoms with Crippen LogP contribution < -0.4 is 10.1 Å². The van der Waals surface area contributed by atoms with Gasteiger partial charge >= 0.3 is 5.97 Å². The molecule has 0 aliphatic heterocycles. The molecule has 1 aromatic carbocycles. The second-order valence-corrected chi connectivity index (χ2v) is 4.48. The van der Waals surface area contributed by atoms with Gasteiger partial charge in [0.1, 0.15) is 11.6 Å². The molecule has 1 aromatic heterocycles. The van der Waals surface area contributed by atoms with Crippen molar-refractivity contribution in [3.8, 4) is 5.88 Å². The highest BCUT2D eigenvalue weighted by atomic mass is 16.5. The SMILES string of the molecule is COc1cc(NCCc2ccccc2C(=O)O)nc(C)n1. The van der Waals surface area contributed by atoms with Gasteiger partial charge in [0.2, 0.25) is 5.88 Å². The van der Waals surface area contributed by atoms with Crippen LogP contribution in [-0.4, -0.2) is 34.7 Å². The molecular weight excluding hydrogens is 270 g/mol. The van der Waals surface area contributed by atoms with Gasteiger partial charge < -0.3 is 15.2 Å². The summed E-state index contributed by atoms with van der Waals surface area (Å²) in [6.07, 6.45) is 0.591. The van der Waals surface area contributed by atoms with Crippen LogP contribution in [0.15, 0.2) is 30.3 Å². The van der Waals surface area contributed by atoms with Gasteiger partial charge in [0.25, 0.3) is 0 Å². The molecule has 0 bridgehead atoms. The fraction of sp³-hybridized carbons (Fsp3) is 0.267. The van der Waals surface area contributed by atoms with Crippen molar-refractivity contribution in [3.63, 3.8) is 0 Å². The largest absolute Gasteiger partial charge is 0.481 e. The molecule has 2 rings (SSSR count). The van der Waals surface area contributed by atoms with Crippen LogP contribution in [0.5, 0.6) is 5.88 Å². The normalized spacial score (nSPS) is 10.2. The average molecular weight is 287 g/mol. The lowest BCUT2D eigenvalue weighted by atomic mass is 10.0. The van der Waals surface area contributed by atoms with E-state index in [0.29, 0.717) is 36.1 Å². The standard InChI is InChI=1S/C15H17N3O3/c1-10-17-13(9-14(18-10)21-2)16-8-7-11-5-3-4-6-12(11)15(19)20/h3-6,9H,7-8H2,1-2H3,(H,19,20)(H,16,17,18). The molecule has 0 unspecified atom stereocenters. The third-order valence-corrected chi connectivity index (χ3v) is 2.97. The first-order chi connectivity index (χ1) is 10.1. The number of nitrogens with one attached hydrogen (secondary N) is 1. The van der Waals surface area contributed by atoms with E-state index in [9.17, 15) is 4.79 Å². The number of ether oxygens (including phenoxy) is 1. The number of carbonyl (C=O) groups is 1. The average Bonchev–Trinajstić information content (AvgIpc) is 2.47. The minimum Gasteiger partial charge on any atom is -0.481 e. The van der Waals surface area contributed by atoms with E-state index in [4.69, 9.17) is 9.84 Å². The molecule has 110 valence electrons. The number of methoxy groups -OCH3 is 1. The molecule has 0 fully saturated rings. The molecule has 0 amide bonds. The van der Waals surface area contributed by atoms with Crippen LogP contribution in [0.3, 0.4) is 0 Å². The maximum absolute atomic E-state index is 11.1. The van der Waals surface area contributed by atoms with Crippen molar-refractivity contribution in [3.05, 3.63) is 47.3 Å². The predicted molar refractivity (Wildman–Crippen MR) is 78.9 cm³/mol. The van der Waals surface area contributed by atoms with E-state index in [1.165, 1.54) is 0 Å². The van der Waals surface area contributed by atoms with E-state index in [1.54, 1.807) is 32.2 Å². The molecule has 6 nitrogen and oxygen atoms in total. The lowest BCUT2D eigenvalue weighted by Gasteiger charge is -2.09. The summed E-state index contributed by atoms with van der Waals surface area (Å²) in [5, 5.41) is 12.3. The number of aryl methyl sites for hydroxylation is 1. The van der Waals surface area contributed by atoms with Crippen molar-refractivity contribution in [1.82, 2.24) is 9.97 Å². The molecule has 0 aliphatic carbocycles. The van der Waals surface area contributed by atoms with Gasteiger partial charge in [-0.2, -0.15) is 4.98 Å². The number of carboxylic acid groups (broad SMARTS) is 1. The molecular formula is C15H17N3O3. The Morgan fingerprint density at radius 2 is 2.10 bits per heavy atom. The van der Waals surface area contributed by atoms with E-state index in [-0.39, 0.29) is 0 Å². The van der Waals surface area contributed by atoms with Crippen molar-refractivity contribution < 1.29 is 14.6 Å². The van der Waals surface area contributed by atoms with Crippen molar-refractivity contribution >= 4 is 11.8 Å². The van der Waals surface area contributed by atoms with Gasteiger partial charge in [-0.3, -0.25) is 0 Å². The first-order valence-electron chi connectivity index (χ1n) is 6.55. The van der Waals surface area contributed by atoms with Crippen LogP contribution in [0.4, 0.5) is 5.82 Å². The molecule has 0 aliphatic rings. The summed E-state index contributed by atoms with van der Waals surface area (Å²) < 4.78 is 5.08. The van der Waals surface area contributed by atoms with Crippen LogP contribution in [0, 0.1) is 6.92 Å². The fourth-order valence-electron chi connectivity index (χ4n) is 2.01. The minimum absolute atomic E-state index is 0.329. The Morgan fingerprint density at radius 1 is 1.33 bits per heavy atom. The molecule has 6 heteroatoms. The number of carboxylic acids is 1. The van der Waals surface area contributed by atoms with Crippen molar-refractivity contribution in [2.75, 3.05) is 19.0 Å². The Labute approximate surface area is 122 Å². The summed E-state index contributed by atoms with van der Waals surface area (Å²) in [7, 11) is 1.55. The van der Waals surface area contributed by atoms with Gasteiger partial charge in [-0.05, 0) is 25.0 Å². The summed E-state index contributed by atoms with van der Waals surface area (Å²) >= 11 is 0. The Morgan fingerprint density at radius 3 is 2.81 bits per heavy atom. The Balaban J connectivity index is 2.02. The summed E-state index contributed by atoms with van der Waals surface area (Å²) in [5.74, 6) is 0.857. The van der Waals surface area contributed by atoms with Gasteiger partial charge in [0.05, 0.1) is 12.7 Å². The topological polar surface area (TPSA) is 84.3 Å². The zero-order valence-corrected chi connectivity index (χ0v) is 12.0. The first-order valence-corrected chi connectivity index (χ1v) is 6.55. The van der Waals surface area contributed by atoms with Crippen LogP contribution in [0.1, 0.15) is 21.7 Å². The third-order valence-electron chi connectivity index (χ3n) is 2.97. The highest BCUT2D eigenvalue weighted by molar-refractivity contribution is 5.89. The molecule has 0 spiro atoms. The van der Waals surface area contributed by atoms with Gasteiger partial charge in [0, 0.05) is 12.6 Å². The number of rotatable bonds is 6. The summed E-state index contributed by atoms with van der Waals surface area (Å²) in [6.45, 7) is 2.36. The van der Waals surface area contributed by atoms with Gasteiger partial charge in [-0.25, -0.2) is 9.78 Å². The molecule has 0 saturated heterocycles. The minimum atomic E-state index is -0.912. The summed E-state index contributed by atoms with van der Waals surface area (Å²) in [5.41, 5.74) is 1.12. The third kappa shape index (κ3) is 3.92. The van der Waals surface area contributed by atoms with Crippen molar-refractivity contribution in [2.24, 2.45) is 0 Å². The maximum Gasteiger partial charge on any atom is 0.335 e. The van der Waals surface area contributed by atoms with Crippen LogP contribution in [0.2, 0.25) is 0 Å². The van der Waals surface area contributed by atoms with Crippen LogP contribution in [-0.2, 0) is 6.42 Å². The monoisotopic (exact) mass is 287 g/mol. The quantitative estimate of drug-likeness (QED) is 0.847. The number of aromatic nitrogens is 2. The van der Waals surface area contributed by atoms with E-state index in [2.05, 4.69) is 15.3 Å². The van der Waals surface area contributed by atoms with Crippen LogP contribution >= 0.6 is 0 Å². The summed E-state index contributed by atoms with van der Waals surface area (Å²) in [6, 6.07) is 8.68. The number of hydrogen-bond donors (Lipinski definition) is 2. The first kappa shape index (κ1) is 14.8. The smallest absolute Gasteiger partial charge is 0.335 e. The van der Waals surface area contributed by atoms with E-state index in [0.717, 1.165) is 5.56 Å². The number of anilines is 1. The second-order valence-electron chi connectivity index (χ2n) is 4.48. The zero-order chi connectivity index (χ0) is 15.2. The van der Waals surface area contributed by atoms with Gasteiger partial charge in [0.15, 0.2) is 0 Å². The highest BCUT2D eigenvalue weighted by Gasteiger charge is 2.08. The lowest BCUT2D eigenvalue weighted by molar-refractivity contribution is 0.0695. The summed E-state index contributed by atoms with van der Waals surface area (Å²) in [4.78, 5) is 19.5. The van der Waals surface area contributed by atoms with Gasteiger partial charge in [-0.15, -0.1) is 0 Å². The van der Waals surface area contributed by atoms with E-state index < -0.39 is 5.97 Å². The number of aromatic carboxylic acids is 1. The van der Waals surface area contributed by atoms with Crippen molar-refractivity contribution in [1.29, 1.82) is 0 Å². The number of hydrogen-bond acceptors (Lipinski definition) is 5. The van der Waals surface area contributed by atoms with E-state index in [1.807, 2.05) is 12.1 Å². The molecule has 2 N–H and O–H groups in total. The lowest BCUT2D eigenvalue weighted by Crippen LogP contribution is -2.10. The van der Waals surface area contributed by atoms with Crippen LogP contribution in [0.25, 0.3) is 0 Å². The second kappa shape index (κ2) is 6.69. The predicted octanol–water partition coefficient (Wildman–Crippen LogP) is 2.15. The Bertz CT molecular complexity index is 644. The van der Waals surface area contributed by atoms with E-state index >= 15 is 0 Å². The molecule has 2 aromatic rings. The number of benzene rings is 1. The highest BCUT2D eigenvalue weighted by Crippen LogP contribution is 2.14. The molecule has 21 heavy (non-hydrogen) atoms. The number of nitrogens with zero attached hydrogens (tertiary/aromatic N) is 2.